The van der Waals surface area contributed by atoms with Crippen molar-refractivity contribution in [3.63, 3.8) is 0 Å². The van der Waals surface area contributed by atoms with Gasteiger partial charge in [0, 0.05) is 0 Å². The Labute approximate surface area is 106 Å². The van der Waals surface area contributed by atoms with Crippen molar-refractivity contribution in [2.45, 2.75) is 18.3 Å². The monoisotopic (exact) mass is 328 g/mol. The fraction of sp³-hybridized carbons (Fsp3) is 0.800. The molecule has 0 aliphatic carbocycles. The summed E-state index contributed by atoms with van der Waals surface area (Å²) in [6.45, 7) is -0.688. The number of carbonyl (C=O) groups excluding carboxylic acids is 1. The summed E-state index contributed by atoms with van der Waals surface area (Å²) >= 11 is 0. The maximum absolute atomic E-state index is 9.76. The molecule has 0 aromatic rings. The van der Waals surface area contributed by atoms with Gasteiger partial charge in [0.2, 0.25) is 0 Å². The van der Waals surface area contributed by atoms with Gasteiger partial charge in [0.1, 0.15) is 18.3 Å². The Balaban J connectivity index is 0. The van der Waals surface area contributed by atoms with Gasteiger partial charge in [-0.25, -0.2) is 9.13 Å². The zero-order chi connectivity index (χ0) is 15.9. The van der Waals surface area contributed by atoms with Crippen molar-refractivity contribution in [3.05, 3.63) is 0 Å². The minimum Gasteiger partial charge on any atom is -0.394 e. The minimum absolute atomic E-state index is 0.0869. The van der Waals surface area contributed by atoms with Crippen molar-refractivity contribution in [3.8, 4) is 0 Å². The van der Waals surface area contributed by atoms with E-state index in [9.17, 15) is 13.9 Å². The van der Waals surface area contributed by atoms with Crippen LogP contribution in [0.25, 0.3) is 0 Å². The van der Waals surface area contributed by atoms with Crippen LogP contribution in [0, 0.1) is 0 Å². The van der Waals surface area contributed by atoms with E-state index in [2.05, 4.69) is 4.31 Å². The average Bonchev–Trinajstić information content (AvgIpc) is 2.21. The lowest BCUT2D eigenvalue weighted by Crippen LogP contribution is -2.40. The molecule has 0 bridgehead atoms. The van der Waals surface area contributed by atoms with Gasteiger partial charge in [-0.1, -0.05) is 0 Å². The van der Waals surface area contributed by atoms with Gasteiger partial charge < -0.3 is 44.8 Å². The molecule has 8 N–H and O–H groups in total. The second-order valence-electron chi connectivity index (χ2n) is 2.93. The van der Waals surface area contributed by atoms with E-state index < -0.39 is 40.6 Å². The molecule has 0 aromatic carbocycles. The van der Waals surface area contributed by atoms with Crippen LogP contribution in [0.4, 0.5) is 0 Å². The first kappa shape index (κ1) is 21.1. The second kappa shape index (κ2) is 8.84. The highest BCUT2D eigenvalue weighted by molar-refractivity contribution is 7.60. The van der Waals surface area contributed by atoms with Crippen LogP contribution in [0.3, 0.4) is 0 Å². The first-order chi connectivity index (χ1) is 8.34. The van der Waals surface area contributed by atoms with Crippen LogP contribution in [0.2, 0.25) is 0 Å². The molecule has 3 atom stereocenters. The van der Waals surface area contributed by atoms with Crippen LogP contribution in [-0.2, 0) is 18.2 Å². The Morgan fingerprint density at radius 1 is 1.00 bits per heavy atom. The van der Waals surface area contributed by atoms with E-state index in [4.69, 9.17) is 40.0 Å². The summed E-state index contributed by atoms with van der Waals surface area (Å²) in [6, 6.07) is 0. The van der Waals surface area contributed by atoms with E-state index in [-0.39, 0.29) is 6.29 Å². The zero-order valence-corrected chi connectivity index (χ0v) is 10.9. The Morgan fingerprint density at radius 2 is 1.37 bits per heavy atom. The molecule has 0 radical (unpaired) electrons. The first-order valence-corrected chi connectivity index (χ1v) is 7.33. The molecular formula is C5H14O12P2. The number of hydrogen-bond acceptors (Lipinski definition) is 8. The maximum atomic E-state index is 9.76. The third-order valence-corrected chi connectivity index (χ3v) is 2.99. The molecule has 12 nitrogen and oxygen atoms in total. The van der Waals surface area contributed by atoms with Crippen molar-refractivity contribution >= 4 is 21.9 Å². The summed E-state index contributed by atoms with van der Waals surface area (Å²) in [7, 11) is -10.1. The van der Waals surface area contributed by atoms with Crippen molar-refractivity contribution in [2.75, 3.05) is 6.61 Å². The van der Waals surface area contributed by atoms with Crippen molar-refractivity contribution in [2.24, 2.45) is 0 Å². The molecule has 19 heavy (non-hydrogen) atoms. The molecule has 0 fully saturated rings. The quantitative estimate of drug-likeness (QED) is 0.175. The largest absolute Gasteiger partial charge is 0.478 e. The molecular weight excluding hydrogens is 314 g/mol. The van der Waals surface area contributed by atoms with Gasteiger partial charge in [-0.3, -0.25) is 0 Å². The first-order valence-electron chi connectivity index (χ1n) is 4.27. The number of aldehydes is 1. The molecule has 0 amide bonds. The molecule has 0 saturated carbocycles. The number of rotatable bonds is 6. The minimum atomic E-state index is -5.05. The Kier molecular flexibility index (Phi) is 9.81. The number of aliphatic hydroxyl groups excluding tert-OH is 4. The van der Waals surface area contributed by atoms with E-state index in [0.717, 1.165) is 0 Å². The summed E-state index contributed by atoms with van der Waals surface area (Å²) in [5.74, 6) is 0. The van der Waals surface area contributed by atoms with E-state index in [0.29, 0.717) is 0 Å². The van der Waals surface area contributed by atoms with Crippen LogP contribution in [-0.4, -0.2) is 71.2 Å². The summed E-state index contributed by atoms with van der Waals surface area (Å²) in [5, 5.41) is 34.1. The molecule has 0 rings (SSSR count). The van der Waals surface area contributed by atoms with E-state index in [1.807, 2.05) is 0 Å². The van der Waals surface area contributed by atoms with Crippen molar-refractivity contribution < 1.29 is 58.2 Å². The second-order valence-corrected chi connectivity index (χ2v) is 5.55. The highest BCUT2D eigenvalue weighted by atomic mass is 31.3. The SMILES string of the molecule is O=CC(O)C(O)C(O)CO.O=P(O)(O)OP(=O)(O)O. The standard InChI is InChI=1S/C5H10O5.H4O7P2/c6-1-3(8)5(10)4(9)2-7;1-8(2,3)7-9(4,5)6/h1,3-5,7-10H,2H2;(H2,1,2,3)(H2,4,5,6). The lowest BCUT2D eigenvalue weighted by atomic mass is 10.1. The molecule has 0 heterocycles. The molecule has 0 aromatic heterocycles. The Morgan fingerprint density at radius 3 is 1.53 bits per heavy atom. The zero-order valence-electron chi connectivity index (χ0n) is 9.12. The predicted octanol–water partition coefficient (Wildman–Crippen LogP) is -3.55. The van der Waals surface area contributed by atoms with E-state index >= 15 is 0 Å². The smallest absolute Gasteiger partial charge is 0.394 e. The van der Waals surface area contributed by atoms with Gasteiger partial charge in [0.15, 0.2) is 6.29 Å². The highest BCUT2D eigenvalue weighted by Gasteiger charge is 2.28. The van der Waals surface area contributed by atoms with E-state index in [1.54, 1.807) is 0 Å². The summed E-state index contributed by atoms with van der Waals surface area (Å²) < 4.78 is 22.2. The van der Waals surface area contributed by atoms with Crippen LogP contribution in [0.5, 0.6) is 0 Å². The van der Waals surface area contributed by atoms with Crippen molar-refractivity contribution in [1.82, 2.24) is 0 Å². The lowest BCUT2D eigenvalue weighted by molar-refractivity contribution is -0.127. The van der Waals surface area contributed by atoms with Gasteiger partial charge in [-0.05, 0) is 0 Å². The van der Waals surface area contributed by atoms with Crippen LogP contribution in [0.1, 0.15) is 0 Å². The Hall–Kier alpha value is -0.230. The molecule has 0 aliphatic rings. The van der Waals surface area contributed by atoms with Gasteiger partial charge >= 0.3 is 15.6 Å². The van der Waals surface area contributed by atoms with Crippen LogP contribution in [0.15, 0.2) is 0 Å². The molecule has 3 unspecified atom stereocenters. The number of phosphoric acid groups is 2. The maximum Gasteiger partial charge on any atom is 0.478 e. The highest BCUT2D eigenvalue weighted by Crippen LogP contribution is 2.53. The summed E-state index contributed by atoms with van der Waals surface area (Å²) in [4.78, 5) is 40.8. The molecule has 0 saturated heterocycles. The van der Waals surface area contributed by atoms with Crippen LogP contribution >= 0.6 is 15.6 Å². The third kappa shape index (κ3) is 14.0. The summed E-state index contributed by atoms with van der Waals surface area (Å²) in [5.41, 5.74) is 0. The Bertz CT molecular complexity index is 324. The molecule has 0 spiro atoms. The molecule has 0 aliphatic heterocycles. The number of hydrogen-bond donors (Lipinski definition) is 8. The fourth-order valence-electron chi connectivity index (χ4n) is 0.555. The van der Waals surface area contributed by atoms with Gasteiger partial charge in [-0.15, -0.1) is 0 Å². The predicted molar refractivity (Wildman–Crippen MR) is 56.3 cm³/mol. The lowest BCUT2D eigenvalue weighted by Gasteiger charge is -2.16. The third-order valence-electron chi connectivity index (χ3n) is 1.28. The van der Waals surface area contributed by atoms with Crippen LogP contribution < -0.4 is 0 Å². The topological polar surface area (TPSA) is 222 Å². The van der Waals surface area contributed by atoms with Gasteiger partial charge in [-0.2, -0.15) is 4.31 Å². The number of carbonyl (C=O) groups is 1. The van der Waals surface area contributed by atoms with Gasteiger partial charge in [0.25, 0.3) is 0 Å². The summed E-state index contributed by atoms with van der Waals surface area (Å²) in [6.07, 6.45) is -4.63. The normalized spacial score (nSPS) is 16.8. The van der Waals surface area contributed by atoms with Crippen molar-refractivity contribution in [1.29, 1.82) is 0 Å². The molecule has 14 heteroatoms. The van der Waals surface area contributed by atoms with E-state index in [1.165, 1.54) is 0 Å². The number of aliphatic hydroxyl groups is 4. The fourth-order valence-corrected chi connectivity index (χ4v) is 1.66. The molecule has 116 valence electrons. The van der Waals surface area contributed by atoms with Gasteiger partial charge in [0.05, 0.1) is 6.61 Å². The average molecular weight is 328 g/mol.